The van der Waals surface area contributed by atoms with Crippen LogP contribution < -0.4 is 10.5 Å². The molecule has 1 rings (SSSR count). The number of nitrogens with zero attached hydrogens (tertiary/aromatic N) is 1. The van der Waals surface area contributed by atoms with Gasteiger partial charge in [-0.05, 0) is 6.07 Å². The number of nitrogens with one attached hydrogen (secondary N) is 1. The van der Waals surface area contributed by atoms with Crippen LogP contribution in [0.25, 0.3) is 0 Å². The highest BCUT2D eigenvalue weighted by Gasteiger charge is 2.10. The van der Waals surface area contributed by atoms with Crippen LogP contribution in [0.5, 0.6) is 0 Å². The third-order valence-corrected chi connectivity index (χ3v) is 2.55. The lowest BCUT2D eigenvalue weighted by molar-refractivity contribution is 0.597. The highest BCUT2D eigenvalue weighted by Crippen LogP contribution is 2.20. The predicted octanol–water partition coefficient (Wildman–Crippen LogP) is 0.424. The fourth-order valence-electron chi connectivity index (χ4n) is 0.760. The Hall–Kier alpha value is -0.850. The molecule has 0 unspecified atom stereocenters. The Morgan fingerprint density at radius 1 is 1.62 bits per heavy atom. The van der Waals surface area contributed by atoms with Crippen LogP contribution in [0.3, 0.4) is 0 Å². The minimum atomic E-state index is -3.73. The third kappa shape index (κ3) is 2.30. The first-order valence-electron chi connectivity index (χ1n) is 3.31. The number of anilines is 1. The van der Waals surface area contributed by atoms with Crippen LogP contribution in [0, 0.1) is 0 Å². The molecule has 0 aliphatic rings. The molecule has 0 amide bonds. The fourth-order valence-corrected chi connectivity index (χ4v) is 1.57. The molecule has 1 aromatic rings. The minimum absolute atomic E-state index is 0.100. The lowest BCUT2D eigenvalue weighted by Crippen LogP contribution is -2.12. The van der Waals surface area contributed by atoms with Gasteiger partial charge in [-0.2, -0.15) is 0 Å². The SMILES string of the molecule is CNc1ncc(S(N)(=O)=O)cc1Cl. The maximum absolute atomic E-state index is 10.8. The van der Waals surface area contributed by atoms with Gasteiger partial charge in [0.05, 0.1) is 5.02 Å². The van der Waals surface area contributed by atoms with Crippen molar-refractivity contribution in [2.45, 2.75) is 4.90 Å². The van der Waals surface area contributed by atoms with Gasteiger partial charge in [-0.15, -0.1) is 0 Å². The van der Waals surface area contributed by atoms with E-state index in [-0.39, 0.29) is 9.92 Å². The number of nitrogens with two attached hydrogens (primary N) is 1. The van der Waals surface area contributed by atoms with Crippen LogP contribution in [-0.4, -0.2) is 20.4 Å². The summed E-state index contributed by atoms with van der Waals surface area (Å²) >= 11 is 5.69. The maximum Gasteiger partial charge on any atom is 0.239 e. The van der Waals surface area contributed by atoms with E-state index in [1.165, 1.54) is 6.07 Å². The van der Waals surface area contributed by atoms with E-state index < -0.39 is 10.0 Å². The molecule has 13 heavy (non-hydrogen) atoms. The predicted molar refractivity (Wildman–Crippen MR) is 50.2 cm³/mol. The normalized spacial score (nSPS) is 11.3. The number of halogens is 1. The van der Waals surface area contributed by atoms with Gasteiger partial charge in [0.1, 0.15) is 10.7 Å². The molecule has 0 spiro atoms. The van der Waals surface area contributed by atoms with Gasteiger partial charge in [-0.25, -0.2) is 18.5 Å². The molecular weight excluding hydrogens is 214 g/mol. The van der Waals surface area contributed by atoms with E-state index in [2.05, 4.69) is 10.3 Å². The van der Waals surface area contributed by atoms with E-state index in [1.54, 1.807) is 7.05 Å². The highest BCUT2D eigenvalue weighted by molar-refractivity contribution is 7.89. The van der Waals surface area contributed by atoms with Crippen LogP contribution in [-0.2, 0) is 10.0 Å². The van der Waals surface area contributed by atoms with E-state index in [9.17, 15) is 8.42 Å². The molecule has 5 nitrogen and oxygen atoms in total. The summed E-state index contributed by atoms with van der Waals surface area (Å²) in [5.74, 6) is 0.411. The molecule has 0 saturated carbocycles. The zero-order valence-corrected chi connectivity index (χ0v) is 8.35. The van der Waals surface area contributed by atoms with E-state index in [0.717, 1.165) is 6.20 Å². The first-order chi connectivity index (χ1) is 5.95. The lowest BCUT2D eigenvalue weighted by atomic mass is 10.4. The van der Waals surface area contributed by atoms with Gasteiger partial charge in [0, 0.05) is 13.2 Å². The summed E-state index contributed by atoms with van der Waals surface area (Å²) in [4.78, 5) is 3.66. The van der Waals surface area contributed by atoms with Crippen molar-refractivity contribution in [1.29, 1.82) is 0 Å². The van der Waals surface area contributed by atoms with Gasteiger partial charge < -0.3 is 5.32 Å². The van der Waals surface area contributed by atoms with Gasteiger partial charge in [0.25, 0.3) is 0 Å². The Labute approximate surface area is 81.0 Å². The third-order valence-electron chi connectivity index (χ3n) is 1.38. The Balaban J connectivity index is 3.26. The van der Waals surface area contributed by atoms with E-state index in [1.807, 2.05) is 0 Å². The molecule has 1 aromatic heterocycles. The zero-order chi connectivity index (χ0) is 10.1. The second kappa shape index (κ2) is 3.49. The van der Waals surface area contributed by atoms with Gasteiger partial charge in [-0.1, -0.05) is 11.6 Å². The Morgan fingerprint density at radius 3 is 2.62 bits per heavy atom. The van der Waals surface area contributed by atoms with Crippen molar-refractivity contribution in [3.8, 4) is 0 Å². The van der Waals surface area contributed by atoms with Gasteiger partial charge in [0.2, 0.25) is 10.0 Å². The second-order valence-electron chi connectivity index (χ2n) is 2.30. The Bertz CT molecular complexity index is 418. The molecule has 0 radical (unpaired) electrons. The average Bonchev–Trinajstić information content (AvgIpc) is 2.02. The Morgan fingerprint density at radius 2 is 2.23 bits per heavy atom. The van der Waals surface area contributed by atoms with Crippen LogP contribution in [0.15, 0.2) is 17.2 Å². The number of pyridine rings is 1. The molecule has 7 heteroatoms. The molecule has 0 atom stereocenters. The zero-order valence-electron chi connectivity index (χ0n) is 6.78. The molecule has 0 bridgehead atoms. The number of aromatic nitrogens is 1. The molecule has 0 aromatic carbocycles. The minimum Gasteiger partial charge on any atom is -0.372 e. The lowest BCUT2D eigenvalue weighted by Gasteiger charge is -2.03. The monoisotopic (exact) mass is 221 g/mol. The smallest absolute Gasteiger partial charge is 0.239 e. The fraction of sp³-hybridized carbons (Fsp3) is 0.167. The molecule has 0 aliphatic carbocycles. The van der Waals surface area contributed by atoms with Crippen LogP contribution in [0.4, 0.5) is 5.82 Å². The standard InChI is InChI=1S/C6H8ClN3O2S/c1-9-6-5(7)2-4(3-10-6)13(8,11)12/h2-3H,1H3,(H,9,10)(H2,8,11,12). The molecule has 0 fully saturated rings. The van der Waals surface area contributed by atoms with Crippen LogP contribution in [0.1, 0.15) is 0 Å². The molecule has 0 saturated heterocycles. The topological polar surface area (TPSA) is 85.1 Å². The van der Waals surface area contributed by atoms with Gasteiger partial charge in [0.15, 0.2) is 0 Å². The summed E-state index contributed by atoms with van der Waals surface area (Å²) in [7, 11) is -2.10. The Kier molecular flexibility index (Phi) is 2.74. The number of rotatable bonds is 2. The largest absolute Gasteiger partial charge is 0.372 e. The van der Waals surface area contributed by atoms with Crippen molar-refractivity contribution in [2.24, 2.45) is 5.14 Å². The summed E-state index contributed by atoms with van der Waals surface area (Å²) in [6.45, 7) is 0. The van der Waals surface area contributed by atoms with E-state index in [0.29, 0.717) is 5.82 Å². The molecule has 3 N–H and O–H groups in total. The summed E-state index contributed by atoms with van der Waals surface area (Å²) in [5, 5.41) is 7.78. The maximum atomic E-state index is 10.8. The second-order valence-corrected chi connectivity index (χ2v) is 4.27. The first-order valence-corrected chi connectivity index (χ1v) is 5.23. The summed E-state index contributed by atoms with van der Waals surface area (Å²) < 4.78 is 21.7. The number of hydrogen-bond acceptors (Lipinski definition) is 4. The van der Waals surface area contributed by atoms with Crippen LogP contribution >= 0.6 is 11.6 Å². The number of primary sulfonamides is 1. The van der Waals surface area contributed by atoms with E-state index in [4.69, 9.17) is 16.7 Å². The molecule has 72 valence electrons. The van der Waals surface area contributed by atoms with Crippen molar-refractivity contribution >= 4 is 27.4 Å². The van der Waals surface area contributed by atoms with Crippen LogP contribution in [0.2, 0.25) is 5.02 Å². The van der Waals surface area contributed by atoms with Gasteiger partial charge in [-0.3, -0.25) is 0 Å². The van der Waals surface area contributed by atoms with Crippen molar-refractivity contribution in [2.75, 3.05) is 12.4 Å². The summed E-state index contributed by atoms with van der Waals surface area (Å²) in [6.07, 6.45) is 1.15. The van der Waals surface area contributed by atoms with Crippen molar-refractivity contribution in [3.05, 3.63) is 17.3 Å². The molecular formula is C6H8ClN3O2S. The van der Waals surface area contributed by atoms with Crippen molar-refractivity contribution < 1.29 is 8.42 Å². The van der Waals surface area contributed by atoms with E-state index >= 15 is 0 Å². The first kappa shape index (κ1) is 10.2. The van der Waals surface area contributed by atoms with Crippen molar-refractivity contribution in [3.63, 3.8) is 0 Å². The summed E-state index contributed by atoms with van der Waals surface area (Å²) in [5.41, 5.74) is 0. The summed E-state index contributed by atoms with van der Waals surface area (Å²) in [6, 6.07) is 1.25. The number of sulfonamides is 1. The molecule has 1 heterocycles. The van der Waals surface area contributed by atoms with Crippen molar-refractivity contribution in [1.82, 2.24) is 4.98 Å². The highest BCUT2D eigenvalue weighted by atomic mass is 35.5. The average molecular weight is 222 g/mol. The number of hydrogen-bond donors (Lipinski definition) is 2. The quantitative estimate of drug-likeness (QED) is 0.758. The van der Waals surface area contributed by atoms with Gasteiger partial charge >= 0.3 is 0 Å². The molecule has 0 aliphatic heterocycles.